The second kappa shape index (κ2) is 3.55. The summed E-state index contributed by atoms with van der Waals surface area (Å²) in [6.45, 7) is 3.23. The van der Waals surface area contributed by atoms with Gasteiger partial charge in [0, 0.05) is 6.42 Å². The first-order valence-corrected chi connectivity index (χ1v) is 4.02. The fourth-order valence-corrected chi connectivity index (χ4v) is 1.01. The molecule has 5 nitrogen and oxygen atoms in total. The number of carbonyl (C=O) groups is 2. The van der Waals surface area contributed by atoms with Crippen molar-refractivity contribution in [1.29, 1.82) is 0 Å². The predicted molar refractivity (Wildman–Crippen MR) is 44.1 cm³/mol. The average Bonchev–Trinajstić information content (AvgIpc) is 2.36. The van der Waals surface area contributed by atoms with Gasteiger partial charge in [-0.2, -0.15) is 0 Å². The Hall–Kier alpha value is -1.39. The summed E-state index contributed by atoms with van der Waals surface area (Å²) < 4.78 is 0. The van der Waals surface area contributed by atoms with E-state index in [1.165, 1.54) is 0 Å². The summed E-state index contributed by atoms with van der Waals surface area (Å²) in [4.78, 5) is 25.8. The standard InChI is InChI=1S/C8H11NO4/c1-4(7(10)11)3-6-5(2)8(12)13-9-6/h4-5H,3H2,1-2H3,(H,10,11). The lowest BCUT2D eigenvalue weighted by molar-refractivity contribution is -0.143. The molecule has 1 aliphatic heterocycles. The van der Waals surface area contributed by atoms with Crippen molar-refractivity contribution in [3.05, 3.63) is 0 Å². The normalized spacial score (nSPS) is 23.7. The van der Waals surface area contributed by atoms with Gasteiger partial charge < -0.3 is 9.94 Å². The van der Waals surface area contributed by atoms with Gasteiger partial charge in [0.25, 0.3) is 0 Å². The molecular weight excluding hydrogens is 174 g/mol. The van der Waals surface area contributed by atoms with Crippen LogP contribution < -0.4 is 0 Å². The summed E-state index contributed by atoms with van der Waals surface area (Å²) in [7, 11) is 0. The Morgan fingerprint density at radius 2 is 2.38 bits per heavy atom. The van der Waals surface area contributed by atoms with Gasteiger partial charge in [-0.1, -0.05) is 12.1 Å². The van der Waals surface area contributed by atoms with Gasteiger partial charge in [-0.15, -0.1) is 0 Å². The molecule has 0 spiro atoms. The molecule has 13 heavy (non-hydrogen) atoms. The molecule has 0 saturated heterocycles. The van der Waals surface area contributed by atoms with Crippen LogP contribution in [0.5, 0.6) is 0 Å². The molecule has 0 aromatic rings. The number of carboxylic acid groups (broad SMARTS) is 1. The molecule has 1 heterocycles. The summed E-state index contributed by atoms with van der Waals surface area (Å²) in [6.07, 6.45) is 0.266. The minimum Gasteiger partial charge on any atom is -0.481 e. The highest BCUT2D eigenvalue weighted by atomic mass is 16.7. The molecule has 0 aliphatic carbocycles. The van der Waals surface area contributed by atoms with E-state index in [9.17, 15) is 9.59 Å². The van der Waals surface area contributed by atoms with Gasteiger partial charge in [-0.05, 0) is 6.92 Å². The Balaban J connectivity index is 2.56. The molecule has 0 bridgehead atoms. The molecule has 1 aliphatic rings. The van der Waals surface area contributed by atoms with Crippen LogP contribution in [0.1, 0.15) is 20.3 Å². The highest BCUT2D eigenvalue weighted by molar-refractivity contribution is 6.05. The maximum atomic E-state index is 10.9. The Kier molecular flexibility index (Phi) is 2.65. The molecular formula is C8H11NO4. The zero-order chi connectivity index (χ0) is 10.0. The van der Waals surface area contributed by atoms with Crippen molar-refractivity contribution in [2.75, 3.05) is 0 Å². The lowest BCUT2D eigenvalue weighted by atomic mass is 9.96. The third-order valence-corrected chi connectivity index (χ3v) is 2.04. The van der Waals surface area contributed by atoms with E-state index in [1.54, 1.807) is 13.8 Å². The summed E-state index contributed by atoms with van der Waals surface area (Å²) >= 11 is 0. The van der Waals surface area contributed by atoms with Gasteiger partial charge in [0.2, 0.25) is 0 Å². The molecule has 2 atom stereocenters. The van der Waals surface area contributed by atoms with E-state index in [2.05, 4.69) is 9.99 Å². The first kappa shape index (κ1) is 9.70. The van der Waals surface area contributed by atoms with Gasteiger partial charge in [-0.3, -0.25) is 4.79 Å². The molecule has 0 fully saturated rings. The summed E-state index contributed by atoms with van der Waals surface area (Å²) in [5.74, 6) is -2.24. The summed E-state index contributed by atoms with van der Waals surface area (Å²) in [5.41, 5.74) is 0.514. The predicted octanol–water partition coefficient (Wildman–Crippen LogP) is 0.646. The van der Waals surface area contributed by atoms with Crippen LogP contribution in [0, 0.1) is 11.8 Å². The quantitative estimate of drug-likeness (QED) is 0.655. The fourth-order valence-electron chi connectivity index (χ4n) is 1.01. The van der Waals surface area contributed by atoms with Crippen LogP contribution in [0.2, 0.25) is 0 Å². The van der Waals surface area contributed by atoms with Crippen LogP contribution >= 0.6 is 0 Å². The highest BCUT2D eigenvalue weighted by Crippen LogP contribution is 2.17. The Bertz CT molecular complexity index is 271. The molecule has 5 heteroatoms. The Labute approximate surface area is 75.4 Å². The van der Waals surface area contributed by atoms with E-state index in [0.717, 1.165) is 0 Å². The second-order valence-corrected chi connectivity index (χ2v) is 3.16. The molecule has 0 saturated carbocycles. The maximum Gasteiger partial charge on any atom is 0.343 e. The van der Waals surface area contributed by atoms with Crippen molar-refractivity contribution >= 4 is 17.7 Å². The van der Waals surface area contributed by atoms with E-state index >= 15 is 0 Å². The molecule has 0 radical (unpaired) electrons. The molecule has 72 valence electrons. The van der Waals surface area contributed by atoms with Crippen molar-refractivity contribution in [2.24, 2.45) is 17.0 Å². The Morgan fingerprint density at radius 3 is 2.77 bits per heavy atom. The van der Waals surface area contributed by atoms with Gasteiger partial charge >= 0.3 is 11.9 Å². The first-order chi connectivity index (χ1) is 6.02. The number of aliphatic carboxylic acids is 1. The van der Waals surface area contributed by atoms with E-state index in [4.69, 9.17) is 5.11 Å². The van der Waals surface area contributed by atoms with Gasteiger partial charge in [0.15, 0.2) is 0 Å². The number of hydrogen-bond donors (Lipinski definition) is 1. The SMILES string of the molecule is CC(CC1=NOC(=O)C1C)C(=O)O. The van der Waals surface area contributed by atoms with Gasteiger partial charge in [-0.25, -0.2) is 4.79 Å². The number of nitrogens with zero attached hydrogens (tertiary/aromatic N) is 1. The first-order valence-electron chi connectivity index (χ1n) is 4.02. The lowest BCUT2D eigenvalue weighted by Crippen LogP contribution is -2.20. The van der Waals surface area contributed by atoms with Gasteiger partial charge in [0.05, 0.1) is 17.5 Å². The molecule has 0 amide bonds. The van der Waals surface area contributed by atoms with Crippen LogP contribution in [0.25, 0.3) is 0 Å². The summed E-state index contributed by atoms with van der Waals surface area (Å²) in [6, 6.07) is 0. The maximum absolute atomic E-state index is 10.9. The van der Waals surface area contributed by atoms with Crippen LogP contribution in [0.4, 0.5) is 0 Å². The summed E-state index contributed by atoms with van der Waals surface area (Å²) in [5, 5.41) is 12.1. The van der Waals surface area contributed by atoms with E-state index in [1.807, 2.05) is 0 Å². The number of carbonyl (C=O) groups excluding carboxylic acids is 1. The minimum absolute atomic E-state index is 0.266. The largest absolute Gasteiger partial charge is 0.481 e. The van der Waals surface area contributed by atoms with E-state index in [-0.39, 0.29) is 6.42 Å². The third kappa shape index (κ3) is 2.05. The molecule has 1 rings (SSSR count). The number of carboxylic acids is 1. The van der Waals surface area contributed by atoms with Crippen LogP contribution in [0.15, 0.2) is 5.16 Å². The number of oxime groups is 1. The molecule has 0 aromatic heterocycles. The zero-order valence-electron chi connectivity index (χ0n) is 7.48. The van der Waals surface area contributed by atoms with Crippen molar-refractivity contribution in [3.63, 3.8) is 0 Å². The third-order valence-electron chi connectivity index (χ3n) is 2.04. The number of rotatable bonds is 3. The smallest absolute Gasteiger partial charge is 0.343 e. The monoisotopic (exact) mass is 185 g/mol. The van der Waals surface area contributed by atoms with Crippen molar-refractivity contribution in [1.82, 2.24) is 0 Å². The second-order valence-electron chi connectivity index (χ2n) is 3.16. The van der Waals surface area contributed by atoms with Crippen molar-refractivity contribution < 1.29 is 19.5 Å². The zero-order valence-corrected chi connectivity index (χ0v) is 7.48. The van der Waals surface area contributed by atoms with E-state index < -0.39 is 23.8 Å². The fraction of sp³-hybridized carbons (Fsp3) is 0.625. The molecule has 1 N–H and O–H groups in total. The van der Waals surface area contributed by atoms with Crippen LogP contribution in [-0.4, -0.2) is 22.8 Å². The topological polar surface area (TPSA) is 76.0 Å². The van der Waals surface area contributed by atoms with Crippen molar-refractivity contribution in [2.45, 2.75) is 20.3 Å². The van der Waals surface area contributed by atoms with Crippen LogP contribution in [0.3, 0.4) is 0 Å². The Morgan fingerprint density at radius 1 is 1.77 bits per heavy atom. The molecule has 0 aromatic carbocycles. The lowest BCUT2D eigenvalue weighted by Gasteiger charge is -2.05. The van der Waals surface area contributed by atoms with E-state index in [0.29, 0.717) is 5.71 Å². The average molecular weight is 185 g/mol. The van der Waals surface area contributed by atoms with Gasteiger partial charge in [0.1, 0.15) is 0 Å². The minimum atomic E-state index is -0.894. The highest BCUT2D eigenvalue weighted by Gasteiger charge is 2.30. The number of hydrogen-bond acceptors (Lipinski definition) is 4. The van der Waals surface area contributed by atoms with Crippen LogP contribution in [-0.2, 0) is 14.4 Å². The molecule has 2 unspecified atom stereocenters. The van der Waals surface area contributed by atoms with Crippen molar-refractivity contribution in [3.8, 4) is 0 Å².